The number of nitrogens with one attached hydrogen (secondary N) is 2. The van der Waals surface area contributed by atoms with E-state index in [1.807, 2.05) is 0 Å². The molecule has 0 aliphatic carbocycles. The van der Waals surface area contributed by atoms with Gasteiger partial charge in [0.05, 0.1) is 0 Å². The molecule has 7 nitrogen and oxygen atoms in total. The predicted molar refractivity (Wildman–Crippen MR) is 55.2 cm³/mol. The number of aromatic amines is 1. The lowest BCUT2D eigenvalue weighted by atomic mass is 10.5. The van der Waals surface area contributed by atoms with E-state index < -0.39 is 0 Å². The molecule has 4 N–H and O–H groups in total. The van der Waals surface area contributed by atoms with Crippen LogP contribution in [0.1, 0.15) is 10.6 Å². The predicted octanol–water partition coefficient (Wildman–Crippen LogP) is -0.383. The number of imidazole rings is 1. The second-order valence-electron chi connectivity index (χ2n) is 2.65. The van der Waals surface area contributed by atoms with Crippen molar-refractivity contribution in [2.75, 3.05) is 6.54 Å². The van der Waals surface area contributed by atoms with E-state index in [-0.39, 0.29) is 11.7 Å². The zero-order valence-corrected chi connectivity index (χ0v) is 8.41. The van der Waals surface area contributed by atoms with Crippen LogP contribution >= 0.6 is 11.5 Å². The number of amides is 1. The van der Waals surface area contributed by atoms with E-state index in [4.69, 9.17) is 5.73 Å². The Morgan fingerprint density at radius 2 is 2.53 bits per heavy atom. The van der Waals surface area contributed by atoms with E-state index in [0.29, 0.717) is 17.0 Å². The molecule has 0 fully saturated rings. The molecular formula is C7H8N6OS. The van der Waals surface area contributed by atoms with Gasteiger partial charge in [0.15, 0.2) is 16.3 Å². The Kier molecular flexibility index (Phi) is 2.59. The fourth-order valence-electron chi connectivity index (χ4n) is 0.990. The molecule has 0 spiro atoms. The molecule has 0 bridgehead atoms. The number of rotatable bonds is 3. The van der Waals surface area contributed by atoms with Gasteiger partial charge >= 0.3 is 0 Å². The van der Waals surface area contributed by atoms with Crippen LogP contribution in [0, 0.1) is 0 Å². The first-order chi connectivity index (χ1) is 7.31. The number of nitrogens with two attached hydrogens (primary N) is 1. The summed E-state index contributed by atoms with van der Waals surface area (Å²) in [7, 11) is 0. The highest BCUT2D eigenvalue weighted by atomic mass is 32.1. The van der Waals surface area contributed by atoms with Crippen molar-refractivity contribution in [2.24, 2.45) is 5.73 Å². The van der Waals surface area contributed by atoms with Crippen molar-refractivity contribution in [3.05, 3.63) is 18.1 Å². The van der Waals surface area contributed by atoms with Gasteiger partial charge in [0.2, 0.25) is 0 Å². The van der Waals surface area contributed by atoms with Crippen molar-refractivity contribution in [3.8, 4) is 0 Å². The van der Waals surface area contributed by atoms with E-state index in [2.05, 4.69) is 24.9 Å². The summed E-state index contributed by atoms with van der Waals surface area (Å²) in [5.41, 5.74) is 5.65. The zero-order valence-electron chi connectivity index (χ0n) is 7.60. The van der Waals surface area contributed by atoms with Crippen LogP contribution in [0.5, 0.6) is 0 Å². The number of hydrogen-bond donors (Lipinski definition) is 3. The SMILES string of the molecule is NC=CCNC(=O)c1nc2snnc2[nH]1. The van der Waals surface area contributed by atoms with E-state index >= 15 is 0 Å². The number of carbonyl (C=O) groups excluding carboxylic acids is 1. The topological polar surface area (TPSA) is 110 Å². The summed E-state index contributed by atoms with van der Waals surface area (Å²) >= 11 is 1.14. The van der Waals surface area contributed by atoms with Gasteiger partial charge in [-0.05, 0) is 12.3 Å². The Morgan fingerprint density at radius 3 is 3.27 bits per heavy atom. The number of aromatic nitrogens is 4. The van der Waals surface area contributed by atoms with Gasteiger partial charge < -0.3 is 16.0 Å². The standard InChI is InChI=1S/C7H8N6OS/c8-2-1-3-9-6(14)4-10-5-7(11-4)15-13-12-5/h1-2H,3,8H2,(H,9,14)(H,10,11). The Bertz CT molecular complexity index is 472. The minimum absolute atomic E-state index is 0.233. The number of carbonyl (C=O) groups is 1. The number of hydrogen-bond acceptors (Lipinski definition) is 6. The summed E-state index contributed by atoms with van der Waals surface area (Å²) < 4.78 is 3.68. The van der Waals surface area contributed by atoms with Crippen molar-refractivity contribution in [2.45, 2.75) is 0 Å². The maximum atomic E-state index is 11.5. The molecule has 15 heavy (non-hydrogen) atoms. The van der Waals surface area contributed by atoms with E-state index in [1.54, 1.807) is 6.08 Å². The number of fused-ring (bicyclic) bond motifs is 1. The minimum Gasteiger partial charge on any atom is -0.405 e. The van der Waals surface area contributed by atoms with Crippen molar-refractivity contribution in [3.63, 3.8) is 0 Å². The fraction of sp³-hybridized carbons (Fsp3) is 0.143. The molecular weight excluding hydrogens is 216 g/mol. The van der Waals surface area contributed by atoms with Gasteiger partial charge in [0.25, 0.3) is 5.91 Å². The molecule has 0 aliphatic rings. The Labute approximate surface area is 88.6 Å². The van der Waals surface area contributed by atoms with Gasteiger partial charge in [-0.1, -0.05) is 4.49 Å². The molecule has 0 aromatic carbocycles. The molecule has 2 aromatic heterocycles. The Balaban J connectivity index is 2.10. The van der Waals surface area contributed by atoms with Crippen molar-refractivity contribution in [1.82, 2.24) is 24.9 Å². The highest BCUT2D eigenvalue weighted by molar-refractivity contribution is 7.12. The van der Waals surface area contributed by atoms with Gasteiger partial charge in [-0.2, -0.15) is 0 Å². The van der Waals surface area contributed by atoms with Crippen LogP contribution in [0.2, 0.25) is 0 Å². The van der Waals surface area contributed by atoms with Crippen molar-refractivity contribution >= 4 is 27.9 Å². The largest absolute Gasteiger partial charge is 0.405 e. The molecule has 2 heterocycles. The molecule has 0 atom stereocenters. The zero-order chi connectivity index (χ0) is 10.7. The molecule has 8 heteroatoms. The molecule has 0 saturated heterocycles. The van der Waals surface area contributed by atoms with Gasteiger partial charge in [0, 0.05) is 18.1 Å². The number of H-pyrrole nitrogens is 1. The van der Waals surface area contributed by atoms with Gasteiger partial charge in [-0.25, -0.2) is 4.98 Å². The van der Waals surface area contributed by atoms with Crippen molar-refractivity contribution in [1.29, 1.82) is 0 Å². The van der Waals surface area contributed by atoms with Crippen LogP contribution < -0.4 is 11.1 Å². The summed E-state index contributed by atoms with van der Waals surface area (Å²) in [6.07, 6.45) is 3.00. The Hall–Kier alpha value is -1.96. The normalized spacial score (nSPS) is 11.2. The van der Waals surface area contributed by atoms with Gasteiger partial charge in [0.1, 0.15) is 0 Å². The average molecular weight is 224 g/mol. The molecule has 78 valence electrons. The maximum Gasteiger partial charge on any atom is 0.287 e. The van der Waals surface area contributed by atoms with Crippen molar-refractivity contribution < 1.29 is 4.79 Å². The van der Waals surface area contributed by atoms with Crippen LogP contribution in [0.3, 0.4) is 0 Å². The second kappa shape index (κ2) is 4.05. The first kappa shape index (κ1) is 9.59. The summed E-state index contributed by atoms with van der Waals surface area (Å²) in [5.74, 6) is -0.0603. The third-order valence-electron chi connectivity index (χ3n) is 1.65. The van der Waals surface area contributed by atoms with E-state index in [1.165, 1.54) is 6.20 Å². The fourth-order valence-corrected chi connectivity index (χ4v) is 1.50. The minimum atomic E-state index is -0.293. The van der Waals surface area contributed by atoms with Gasteiger partial charge in [-0.3, -0.25) is 4.79 Å². The molecule has 2 rings (SSSR count). The molecule has 0 unspecified atom stereocenters. The van der Waals surface area contributed by atoms with Crippen LogP contribution in [0.25, 0.3) is 10.5 Å². The smallest absolute Gasteiger partial charge is 0.287 e. The maximum absolute atomic E-state index is 11.5. The quantitative estimate of drug-likeness (QED) is 0.658. The number of nitrogens with zero attached hydrogens (tertiary/aromatic N) is 3. The summed E-state index contributed by atoms with van der Waals surface area (Å²) in [6, 6.07) is 0. The summed E-state index contributed by atoms with van der Waals surface area (Å²) in [6.45, 7) is 0.370. The molecule has 0 radical (unpaired) electrons. The van der Waals surface area contributed by atoms with Crippen LogP contribution in [-0.2, 0) is 0 Å². The Morgan fingerprint density at radius 1 is 1.67 bits per heavy atom. The monoisotopic (exact) mass is 224 g/mol. The third-order valence-corrected chi connectivity index (χ3v) is 2.27. The second-order valence-corrected chi connectivity index (χ2v) is 3.38. The summed E-state index contributed by atoms with van der Waals surface area (Å²) in [5, 5.41) is 6.36. The van der Waals surface area contributed by atoms with Crippen LogP contribution in [0.4, 0.5) is 0 Å². The van der Waals surface area contributed by atoms with Gasteiger partial charge in [-0.15, -0.1) is 5.10 Å². The first-order valence-electron chi connectivity index (χ1n) is 4.14. The lowest BCUT2D eigenvalue weighted by Crippen LogP contribution is -2.24. The van der Waals surface area contributed by atoms with Crippen LogP contribution in [0.15, 0.2) is 12.3 Å². The molecule has 0 aliphatic heterocycles. The summed E-state index contributed by atoms with van der Waals surface area (Å²) in [4.78, 5) is 18.9. The highest BCUT2D eigenvalue weighted by Crippen LogP contribution is 2.11. The highest BCUT2D eigenvalue weighted by Gasteiger charge is 2.12. The third kappa shape index (κ3) is 1.94. The average Bonchev–Trinajstić information content (AvgIpc) is 2.76. The van der Waals surface area contributed by atoms with E-state index in [9.17, 15) is 4.79 Å². The van der Waals surface area contributed by atoms with E-state index in [0.717, 1.165) is 11.5 Å². The molecule has 1 amide bonds. The lowest BCUT2D eigenvalue weighted by Gasteiger charge is -1.96. The first-order valence-corrected chi connectivity index (χ1v) is 4.91. The van der Waals surface area contributed by atoms with Crippen LogP contribution in [-0.4, -0.2) is 32.0 Å². The molecule has 2 aromatic rings. The lowest BCUT2D eigenvalue weighted by molar-refractivity contribution is 0.0949. The molecule has 0 saturated carbocycles.